The molecule has 1 aliphatic heterocycles. The molecule has 1 N–H and O–H groups in total. The fraction of sp³-hybridized carbons (Fsp3) is 0.455. The molecule has 1 heterocycles. The molecule has 0 amide bonds. The zero-order valence-corrected chi connectivity index (χ0v) is 9.76. The van der Waals surface area contributed by atoms with Crippen molar-refractivity contribution in [3.8, 4) is 0 Å². The topological polar surface area (TPSA) is 46.2 Å². The largest absolute Gasteiger partial charge is 0.283 e. The van der Waals surface area contributed by atoms with Gasteiger partial charge in [0.25, 0.3) is 0 Å². The maximum Gasteiger partial charge on any atom is 0.233 e. The molecule has 3 nitrogen and oxygen atoms in total. The fourth-order valence-electron chi connectivity index (χ4n) is 1.74. The summed E-state index contributed by atoms with van der Waals surface area (Å²) in [5.74, 6) is 0.676. The van der Waals surface area contributed by atoms with Gasteiger partial charge in [0.05, 0.1) is 11.4 Å². The van der Waals surface area contributed by atoms with Crippen molar-refractivity contribution in [2.24, 2.45) is 0 Å². The Bertz CT molecular complexity index is 477. The molecule has 0 bridgehead atoms. The number of aryl methyl sites for hydroxylation is 1. The average Bonchev–Trinajstić information content (AvgIpc) is 2.15. The molecule has 4 heteroatoms. The van der Waals surface area contributed by atoms with Crippen LogP contribution in [-0.2, 0) is 16.4 Å². The first-order chi connectivity index (χ1) is 6.98. The van der Waals surface area contributed by atoms with Crippen molar-refractivity contribution in [1.29, 1.82) is 0 Å². The van der Waals surface area contributed by atoms with Gasteiger partial charge in [-0.15, -0.1) is 0 Å². The molecule has 0 fully saturated rings. The predicted molar refractivity (Wildman–Crippen MR) is 61.6 cm³/mol. The third-order valence-corrected chi connectivity index (χ3v) is 3.97. The zero-order valence-electron chi connectivity index (χ0n) is 8.95. The summed E-state index contributed by atoms with van der Waals surface area (Å²) in [7, 11) is -3.08. The first kappa shape index (κ1) is 10.5. The van der Waals surface area contributed by atoms with Crippen LogP contribution < -0.4 is 4.72 Å². The van der Waals surface area contributed by atoms with Crippen molar-refractivity contribution in [3.63, 3.8) is 0 Å². The Kier molecular flexibility index (Phi) is 2.46. The van der Waals surface area contributed by atoms with Gasteiger partial charge < -0.3 is 0 Å². The highest BCUT2D eigenvalue weighted by atomic mass is 32.2. The van der Waals surface area contributed by atoms with E-state index in [1.807, 2.05) is 12.1 Å². The second kappa shape index (κ2) is 3.52. The van der Waals surface area contributed by atoms with E-state index in [-0.39, 0.29) is 5.75 Å². The van der Waals surface area contributed by atoms with Gasteiger partial charge in [0.2, 0.25) is 10.0 Å². The lowest BCUT2D eigenvalue weighted by molar-refractivity contribution is 0.599. The van der Waals surface area contributed by atoms with Crippen molar-refractivity contribution in [2.45, 2.75) is 26.2 Å². The minimum Gasteiger partial charge on any atom is -0.283 e. The number of benzene rings is 1. The molecule has 1 aromatic carbocycles. The summed E-state index contributed by atoms with van der Waals surface area (Å²) in [6.45, 7) is 4.27. The predicted octanol–water partition coefficient (Wildman–Crippen LogP) is 2.11. The molecular formula is C11H15NO2S. The van der Waals surface area contributed by atoms with E-state index in [9.17, 15) is 8.42 Å². The van der Waals surface area contributed by atoms with Gasteiger partial charge in [0.1, 0.15) is 0 Å². The summed E-state index contributed by atoms with van der Waals surface area (Å²) >= 11 is 0. The van der Waals surface area contributed by atoms with E-state index < -0.39 is 10.0 Å². The minimum absolute atomic E-state index is 0.196. The molecule has 0 saturated carbocycles. The molecule has 15 heavy (non-hydrogen) atoms. The molecule has 2 rings (SSSR count). The minimum atomic E-state index is -3.08. The van der Waals surface area contributed by atoms with Crippen LogP contribution in [0.3, 0.4) is 0 Å². The van der Waals surface area contributed by atoms with Gasteiger partial charge in [-0.3, -0.25) is 4.72 Å². The summed E-state index contributed by atoms with van der Waals surface area (Å²) in [5.41, 5.74) is 3.11. The van der Waals surface area contributed by atoms with Crippen molar-refractivity contribution in [3.05, 3.63) is 29.3 Å². The Hall–Kier alpha value is -1.03. The van der Waals surface area contributed by atoms with E-state index in [0.717, 1.165) is 11.3 Å². The maximum atomic E-state index is 11.3. The van der Waals surface area contributed by atoms with Crippen molar-refractivity contribution in [1.82, 2.24) is 0 Å². The molecule has 0 aromatic heterocycles. The molecule has 0 aliphatic carbocycles. The highest BCUT2D eigenvalue weighted by Gasteiger charge is 2.20. The maximum absolute atomic E-state index is 11.3. The number of sulfonamides is 1. The Morgan fingerprint density at radius 3 is 2.73 bits per heavy atom. The molecular weight excluding hydrogens is 210 g/mol. The SMILES string of the molecule is CC(C)c1ccc2c(c1)CCS(=O)(=O)N2. The third-order valence-electron chi connectivity index (χ3n) is 2.70. The number of hydrogen-bond donors (Lipinski definition) is 1. The van der Waals surface area contributed by atoms with Crippen molar-refractivity contribution >= 4 is 15.7 Å². The van der Waals surface area contributed by atoms with Crippen LogP contribution in [0.4, 0.5) is 5.69 Å². The van der Waals surface area contributed by atoms with Crippen LogP contribution in [0.15, 0.2) is 18.2 Å². The van der Waals surface area contributed by atoms with E-state index in [4.69, 9.17) is 0 Å². The standard InChI is InChI=1S/C11H15NO2S/c1-8(2)9-3-4-11-10(7-9)5-6-15(13,14)12-11/h3-4,7-8,12H,5-6H2,1-2H3. The van der Waals surface area contributed by atoms with Crippen LogP contribution in [-0.4, -0.2) is 14.2 Å². The van der Waals surface area contributed by atoms with Gasteiger partial charge in [0, 0.05) is 0 Å². The van der Waals surface area contributed by atoms with Crippen LogP contribution in [0.2, 0.25) is 0 Å². The van der Waals surface area contributed by atoms with Gasteiger partial charge in [-0.25, -0.2) is 8.42 Å². The molecule has 82 valence electrons. The number of rotatable bonds is 1. The summed E-state index contributed by atoms with van der Waals surface area (Å²) in [4.78, 5) is 0. The van der Waals surface area contributed by atoms with Crippen molar-refractivity contribution < 1.29 is 8.42 Å². The number of nitrogens with one attached hydrogen (secondary N) is 1. The number of anilines is 1. The molecule has 0 unspecified atom stereocenters. The molecule has 0 atom stereocenters. The van der Waals surface area contributed by atoms with Crippen molar-refractivity contribution in [2.75, 3.05) is 10.5 Å². The number of hydrogen-bond acceptors (Lipinski definition) is 2. The highest BCUT2D eigenvalue weighted by molar-refractivity contribution is 7.92. The lowest BCUT2D eigenvalue weighted by atomic mass is 9.99. The second-order valence-corrected chi connectivity index (χ2v) is 6.08. The summed E-state index contributed by atoms with van der Waals surface area (Å²) in [5, 5.41) is 0. The van der Waals surface area contributed by atoms with E-state index in [1.54, 1.807) is 0 Å². The summed E-state index contributed by atoms with van der Waals surface area (Å²) < 4.78 is 25.2. The highest BCUT2D eigenvalue weighted by Crippen LogP contribution is 2.26. The van der Waals surface area contributed by atoms with Gasteiger partial charge in [0.15, 0.2) is 0 Å². The molecule has 1 aromatic rings. The zero-order chi connectivity index (χ0) is 11.1. The second-order valence-electron chi connectivity index (χ2n) is 4.24. The first-order valence-electron chi connectivity index (χ1n) is 5.11. The van der Waals surface area contributed by atoms with Gasteiger partial charge in [-0.05, 0) is 29.5 Å². The van der Waals surface area contributed by atoms with Gasteiger partial charge in [-0.1, -0.05) is 26.0 Å². The van der Waals surface area contributed by atoms with Crippen LogP contribution in [0.25, 0.3) is 0 Å². The smallest absolute Gasteiger partial charge is 0.233 e. The van der Waals surface area contributed by atoms with Gasteiger partial charge >= 0.3 is 0 Å². The number of fused-ring (bicyclic) bond motifs is 1. The molecule has 0 spiro atoms. The van der Waals surface area contributed by atoms with E-state index in [1.165, 1.54) is 5.56 Å². The normalized spacial score (nSPS) is 18.3. The quantitative estimate of drug-likeness (QED) is 0.795. The Morgan fingerprint density at radius 2 is 2.07 bits per heavy atom. The molecule has 1 aliphatic rings. The van der Waals surface area contributed by atoms with E-state index in [0.29, 0.717) is 12.3 Å². The van der Waals surface area contributed by atoms with E-state index >= 15 is 0 Å². The lowest BCUT2D eigenvalue weighted by Crippen LogP contribution is -2.24. The van der Waals surface area contributed by atoms with Gasteiger partial charge in [-0.2, -0.15) is 0 Å². The first-order valence-corrected chi connectivity index (χ1v) is 6.76. The van der Waals surface area contributed by atoms with Crippen LogP contribution in [0.5, 0.6) is 0 Å². The lowest BCUT2D eigenvalue weighted by Gasteiger charge is -2.19. The summed E-state index contributed by atoms with van der Waals surface area (Å²) in [6.07, 6.45) is 0.616. The molecule has 0 radical (unpaired) electrons. The monoisotopic (exact) mass is 225 g/mol. The molecule has 0 saturated heterocycles. The Balaban J connectivity index is 2.41. The van der Waals surface area contributed by atoms with Crippen LogP contribution >= 0.6 is 0 Å². The Labute approximate surface area is 90.6 Å². The van der Waals surface area contributed by atoms with Crippen LogP contribution in [0, 0.1) is 0 Å². The fourth-order valence-corrected chi connectivity index (χ4v) is 2.87. The summed E-state index contributed by atoms with van der Waals surface area (Å²) in [6, 6.07) is 5.94. The third kappa shape index (κ3) is 2.15. The van der Waals surface area contributed by atoms with E-state index in [2.05, 4.69) is 24.6 Å². The van der Waals surface area contributed by atoms with Crippen LogP contribution in [0.1, 0.15) is 30.9 Å². The Morgan fingerprint density at radius 1 is 1.33 bits per heavy atom. The average molecular weight is 225 g/mol.